The van der Waals surface area contributed by atoms with Gasteiger partial charge in [-0.05, 0) is 81.7 Å². The Hall–Kier alpha value is -1.30. The van der Waals surface area contributed by atoms with Crippen molar-refractivity contribution in [1.29, 1.82) is 0 Å². The maximum absolute atomic E-state index is 2.49. The van der Waals surface area contributed by atoms with Crippen LogP contribution in [0.2, 0.25) is 0 Å². The minimum atomic E-state index is 0.567. The molecule has 0 radical (unpaired) electrons. The van der Waals surface area contributed by atoms with Gasteiger partial charge < -0.3 is 0 Å². The van der Waals surface area contributed by atoms with Crippen molar-refractivity contribution >= 4 is 10.8 Å². The summed E-state index contributed by atoms with van der Waals surface area (Å²) in [5.41, 5.74) is 9.17. The Morgan fingerprint density at radius 2 is 0.792 bits per heavy atom. The molecule has 0 atom stereocenters. The first-order chi connectivity index (χ1) is 11.1. The van der Waals surface area contributed by atoms with Crippen LogP contribution >= 0.6 is 0 Å². The highest BCUT2D eigenvalue weighted by atomic mass is 14.3. The Morgan fingerprint density at radius 3 is 1.00 bits per heavy atom. The van der Waals surface area contributed by atoms with Gasteiger partial charge in [0.1, 0.15) is 0 Å². The van der Waals surface area contributed by atoms with Crippen molar-refractivity contribution in [1.82, 2.24) is 0 Å². The van der Waals surface area contributed by atoms with E-state index in [4.69, 9.17) is 0 Å². The standard InChI is InChI=1S/C24H36/c1-13(2)19-11-21-17(9)23(15(5)6)24(16(7)8)18(10)22(21)12-20(19)14(3)4/h11-16H,1-10H3. The fourth-order valence-corrected chi connectivity index (χ4v) is 4.44. The van der Waals surface area contributed by atoms with Crippen LogP contribution in [0.5, 0.6) is 0 Å². The lowest BCUT2D eigenvalue weighted by Crippen LogP contribution is -2.07. The third-order valence-electron chi connectivity index (χ3n) is 5.53. The average molecular weight is 325 g/mol. The molecule has 0 bridgehead atoms. The molecule has 2 aromatic rings. The van der Waals surface area contributed by atoms with E-state index in [9.17, 15) is 0 Å². The second-order valence-corrected chi connectivity index (χ2v) is 8.72. The zero-order valence-corrected chi connectivity index (χ0v) is 17.5. The topological polar surface area (TPSA) is 0 Å². The Labute approximate surface area is 149 Å². The number of benzene rings is 2. The van der Waals surface area contributed by atoms with Gasteiger partial charge in [-0.25, -0.2) is 0 Å². The van der Waals surface area contributed by atoms with Gasteiger partial charge in [0, 0.05) is 0 Å². The Balaban J connectivity index is 3.01. The molecule has 0 fully saturated rings. The Morgan fingerprint density at radius 1 is 0.500 bits per heavy atom. The number of aryl methyl sites for hydroxylation is 2. The molecule has 0 heteroatoms. The van der Waals surface area contributed by atoms with E-state index >= 15 is 0 Å². The second-order valence-electron chi connectivity index (χ2n) is 8.72. The number of hydrogen-bond donors (Lipinski definition) is 0. The van der Waals surface area contributed by atoms with Gasteiger partial charge in [0.15, 0.2) is 0 Å². The van der Waals surface area contributed by atoms with Crippen LogP contribution in [0.4, 0.5) is 0 Å². The average Bonchev–Trinajstić information content (AvgIpc) is 2.48. The first-order valence-electron chi connectivity index (χ1n) is 9.68. The zero-order valence-electron chi connectivity index (χ0n) is 17.5. The van der Waals surface area contributed by atoms with Crippen LogP contribution in [0.15, 0.2) is 12.1 Å². The van der Waals surface area contributed by atoms with E-state index in [1.807, 2.05) is 0 Å². The zero-order chi connectivity index (χ0) is 18.3. The summed E-state index contributed by atoms with van der Waals surface area (Å²) >= 11 is 0. The molecule has 0 aliphatic heterocycles. The molecule has 0 aliphatic carbocycles. The van der Waals surface area contributed by atoms with E-state index in [1.54, 1.807) is 11.1 Å². The highest BCUT2D eigenvalue weighted by Gasteiger charge is 2.21. The van der Waals surface area contributed by atoms with Gasteiger partial charge in [-0.2, -0.15) is 0 Å². The molecular weight excluding hydrogens is 288 g/mol. The molecule has 2 rings (SSSR count). The maximum Gasteiger partial charge on any atom is -0.0146 e. The van der Waals surface area contributed by atoms with Crippen molar-refractivity contribution < 1.29 is 0 Å². The highest BCUT2D eigenvalue weighted by molar-refractivity contribution is 5.92. The third-order valence-corrected chi connectivity index (χ3v) is 5.53. The summed E-state index contributed by atoms with van der Waals surface area (Å²) in [7, 11) is 0. The Kier molecular flexibility index (Phi) is 5.47. The SMILES string of the molecule is Cc1c(C(C)C)c(C(C)C)c(C)c2cc(C(C)C)c(C(C)C)cc12. The monoisotopic (exact) mass is 324 g/mol. The van der Waals surface area contributed by atoms with Gasteiger partial charge in [-0.15, -0.1) is 0 Å². The van der Waals surface area contributed by atoms with E-state index in [2.05, 4.69) is 81.4 Å². The van der Waals surface area contributed by atoms with Crippen LogP contribution in [0.25, 0.3) is 10.8 Å². The van der Waals surface area contributed by atoms with Crippen LogP contribution in [0.1, 0.15) is 112 Å². The molecule has 0 amide bonds. The summed E-state index contributed by atoms with van der Waals surface area (Å²) in [4.78, 5) is 0. The predicted molar refractivity (Wildman–Crippen MR) is 110 cm³/mol. The number of hydrogen-bond acceptors (Lipinski definition) is 0. The fraction of sp³-hybridized carbons (Fsp3) is 0.583. The lowest BCUT2D eigenvalue weighted by molar-refractivity contribution is 0.777. The molecular formula is C24H36. The van der Waals surface area contributed by atoms with Gasteiger partial charge in [-0.3, -0.25) is 0 Å². The molecule has 0 N–H and O–H groups in total. The molecule has 0 heterocycles. The van der Waals surface area contributed by atoms with E-state index in [-0.39, 0.29) is 0 Å². The van der Waals surface area contributed by atoms with Crippen molar-refractivity contribution in [3.63, 3.8) is 0 Å². The van der Waals surface area contributed by atoms with Crippen molar-refractivity contribution in [3.8, 4) is 0 Å². The molecule has 0 saturated heterocycles. The smallest absolute Gasteiger partial charge is 0.0146 e. The highest BCUT2D eigenvalue weighted by Crippen LogP contribution is 2.40. The molecule has 0 saturated carbocycles. The van der Waals surface area contributed by atoms with Crippen LogP contribution in [0.3, 0.4) is 0 Å². The molecule has 132 valence electrons. The van der Waals surface area contributed by atoms with Crippen LogP contribution in [-0.4, -0.2) is 0 Å². The molecule has 0 spiro atoms. The summed E-state index contributed by atoms with van der Waals surface area (Å²) in [6.07, 6.45) is 0. The minimum absolute atomic E-state index is 0.567. The van der Waals surface area contributed by atoms with E-state index in [0.717, 1.165) is 0 Å². The van der Waals surface area contributed by atoms with Crippen molar-refractivity contribution in [2.45, 2.75) is 92.9 Å². The summed E-state index contributed by atoms with van der Waals surface area (Å²) in [6, 6.07) is 4.99. The van der Waals surface area contributed by atoms with E-state index in [0.29, 0.717) is 23.7 Å². The first-order valence-corrected chi connectivity index (χ1v) is 9.68. The van der Waals surface area contributed by atoms with Gasteiger partial charge in [0.2, 0.25) is 0 Å². The van der Waals surface area contributed by atoms with Crippen LogP contribution in [0, 0.1) is 13.8 Å². The molecule has 0 aliphatic rings. The van der Waals surface area contributed by atoms with Gasteiger partial charge in [0.25, 0.3) is 0 Å². The molecule has 0 aromatic heterocycles. The first kappa shape index (κ1) is 19.0. The van der Waals surface area contributed by atoms with Gasteiger partial charge in [0.05, 0.1) is 0 Å². The van der Waals surface area contributed by atoms with E-state index in [1.165, 1.54) is 33.0 Å². The summed E-state index contributed by atoms with van der Waals surface area (Å²) in [5.74, 6) is 2.27. The van der Waals surface area contributed by atoms with Gasteiger partial charge >= 0.3 is 0 Å². The van der Waals surface area contributed by atoms with Crippen molar-refractivity contribution in [3.05, 3.63) is 45.5 Å². The lowest BCUT2D eigenvalue weighted by Gasteiger charge is -2.26. The predicted octanol–water partition coefficient (Wildman–Crippen LogP) is 7.95. The van der Waals surface area contributed by atoms with Crippen LogP contribution < -0.4 is 0 Å². The van der Waals surface area contributed by atoms with Crippen molar-refractivity contribution in [2.24, 2.45) is 0 Å². The Bertz CT molecular complexity index is 678. The normalized spacial score (nSPS) is 12.4. The molecule has 0 unspecified atom stereocenters. The summed E-state index contributed by atoms with van der Waals surface area (Å²) in [6.45, 7) is 23.3. The summed E-state index contributed by atoms with van der Waals surface area (Å²) < 4.78 is 0. The quantitative estimate of drug-likeness (QED) is 0.535. The lowest BCUT2D eigenvalue weighted by atomic mass is 9.78. The van der Waals surface area contributed by atoms with Gasteiger partial charge in [-0.1, -0.05) is 67.5 Å². The largest absolute Gasteiger partial charge is 0.0587 e. The maximum atomic E-state index is 2.49. The fourth-order valence-electron chi connectivity index (χ4n) is 4.44. The minimum Gasteiger partial charge on any atom is -0.0587 e. The number of fused-ring (bicyclic) bond motifs is 1. The molecule has 24 heavy (non-hydrogen) atoms. The summed E-state index contributed by atoms with van der Waals surface area (Å²) in [5, 5.41) is 2.93. The molecule has 0 nitrogen and oxygen atoms in total. The van der Waals surface area contributed by atoms with Crippen LogP contribution in [-0.2, 0) is 0 Å². The second kappa shape index (κ2) is 6.90. The van der Waals surface area contributed by atoms with Crippen molar-refractivity contribution in [2.75, 3.05) is 0 Å². The van der Waals surface area contributed by atoms with E-state index < -0.39 is 0 Å². The number of rotatable bonds is 4. The third kappa shape index (κ3) is 3.13. The molecule has 2 aromatic carbocycles.